The first-order chi connectivity index (χ1) is 8.21. The molecule has 0 amide bonds. The summed E-state index contributed by atoms with van der Waals surface area (Å²) in [5, 5.41) is 26.7. The van der Waals surface area contributed by atoms with Crippen molar-refractivity contribution in [1.82, 2.24) is 0 Å². The highest BCUT2D eigenvalue weighted by molar-refractivity contribution is 5.88. The summed E-state index contributed by atoms with van der Waals surface area (Å²) >= 11 is 0. The van der Waals surface area contributed by atoms with E-state index < -0.39 is 42.6 Å². The van der Waals surface area contributed by atoms with Crippen LogP contribution in [-0.2, 0) is 19.1 Å². The van der Waals surface area contributed by atoms with E-state index in [9.17, 15) is 19.5 Å². The van der Waals surface area contributed by atoms with Crippen molar-refractivity contribution in [2.24, 2.45) is 5.73 Å². The zero-order valence-corrected chi connectivity index (χ0v) is 9.96. The lowest BCUT2D eigenvalue weighted by molar-refractivity contribution is -0.173. The van der Waals surface area contributed by atoms with Crippen molar-refractivity contribution in [3.05, 3.63) is 0 Å². The first-order valence-corrected chi connectivity index (χ1v) is 5.34. The molecule has 18 heavy (non-hydrogen) atoms. The Morgan fingerprint density at radius 1 is 1.28 bits per heavy atom. The van der Waals surface area contributed by atoms with E-state index in [2.05, 4.69) is 4.74 Å². The van der Waals surface area contributed by atoms with Crippen LogP contribution in [0.5, 0.6) is 0 Å². The van der Waals surface area contributed by atoms with Gasteiger partial charge >= 0.3 is 17.9 Å². The van der Waals surface area contributed by atoms with Crippen molar-refractivity contribution < 1.29 is 34.4 Å². The quantitative estimate of drug-likeness (QED) is 0.332. The van der Waals surface area contributed by atoms with Crippen LogP contribution in [0.15, 0.2) is 0 Å². The lowest BCUT2D eigenvalue weighted by Crippen LogP contribution is -2.44. The first kappa shape index (κ1) is 16.3. The SMILES string of the molecule is CCCC(N)OC(=O)CC(O)(CC(=O)O)C(=O)O. The predicted octanol–water partition coefficient (Wildman–Crippen LogP) is -0.705. The van der Waals surface area contributed by atoms with Crippen LogP contribution in [0, 0.1) is 0 Å². The van der Waals surface area contributed by atoms with Gasteiger partial charge in [-0.05, 0) is 6.42 Å². The molecule has 2 atom stereocenters. The average molecular weight is 263 g/mol. The Morgan fingerprint density at radius 3 is 2.22 bits per heavy atom. The number of esters is 1. The Balaban J connectivity index is 4.55. The van der Waals surface area contributed by atoms with E-state index in [1.54, 1.807) is 0 Å². The van der Waals surface area contributed by atoms with Crippen LogP contribution in [-0.4, -0.2) is 45.1 Å². The third-order valence-electron chi connectivity index (χ3n) is 2.13. The molecule has 0 saturated heterocycles. The molecule has 0 rings (SSSR count). The largest absolute Gasteiger partial charge is 0.481 e. The van der Waals surface area contributed by atoms with Gasteiger partial charge in [-0.3, -0.25) is 15.3 Å². The Kier molecular flexibility index (Phi) is 6.28. The van der Waals surface area contributed by atoms with Gasteiger partial charge in [0.05, 0.1) is 12.8 Å². The van der Waals surface area contributed by atoms with Crippen LogP contribution in [0.4, 0.5) is 0 Å². The molecule has 5 N–H and O–H groups in total. The van der Waals surface area contributed by atoms with Crippen LogP contribution >= 0.6 is 0 Å². The molecule has 0 saturated carbocycles. The third kappa shape index (κ3) is 5.60. The van der Waals surface area contributed by atoms with Crippen LogP contribution < -0.4 is 5.73 Å². The highest BCUT2D eigenvalue weighted by atomic mass is 16.6. The van der Waals surface area contributed by atoms with Crippen molar-refractivity contribution >= 4 is 17.9 Å². The molecule has 0 fully saturated rings. The zero-order valence-electron chi connectivity index (χ0n) is 9.96. The number of hydrogen-bond acceptors (Lipinski definition) is 6. The molecule has 0 bridgehead atoms. The molecule has 0 radical (unpaired) electrons. The van der Waals surface area contributed by atoms with Gasteiger partial charge in [0.15, 0.2) is 11.8 Å². The fourth-order valence-electron chi connectivity index (χ4n) is 1.26. The van der Waals surface area contributed by atoms with E-state index in [1.807, 2.05) is 6.92 Å². The number of aliphatic hydroxyl groups is 1. The highest BCUT2D eigenvalue weighted by Crippen LogP contribution is 2.17. The minimum absolute atomic E-state index is 0.385. The van der Waals surface area contributed by atoms with Gasteiger partial charge in [-0.1, -0.05) is 13.3 Å². The van der Waals surface area contributed by atoms with E-state index >= 15 is 0 Å². The molecule has 0 aromatic rings. The second-order valence-corrected chi connectivity index (χ2v) is 3.90. The number of rotatable bonds is 8. The average Bonchev–Trinajstić information content (AvgIpc) is 2.15. The Bertz CT molecular complexity index is 330. The maximum absolute atomic E-state index is 11.3. The summed E-state index contributed by atoms with van der Waals surface area (Å²) < 4.78 is 4.64. The minimum atomic E-state index is -2.69. The topological polar surface area (TPSA) is 147 Å². The Labute approximate surface area is 103 Å². The number of nitrogens with two attached hydrogens (primary N) is 1. The summed E-state index contributed by atoms with van der Waals surface area (Å²) in [5.74, 6) is -4.39. The smallest absolute Gasteiger partial charge is 0.336 e. The van der Waals surface area contributed by atoms with E-state index in [0.29, 0.717) is 12.8 Å². The van der Waals surface area contributed by atoms with E-state index in [4.69, 9.17) is 15.9 Å². The molecule has 0 heterocycles. The molecule has 0 aliphatic heterocycles. The number of carboxylic acid groups (broad SMARTS) is 2. The zero-order chi connectivity index (χ0) is 14.3. The van der Waals surface area contributed by atoms with Crippen molar-refractivity contribution in [3.63, 3.8) is 0 Å². The summed E-state index contributed by atoms with van der Waals surface area (Å²) in [6, 6.07) is 0. The number of aliphatic carboxylic acids is 2. The number of hydrogen-bond donors (Lipinski definition) is 4. The fraction of sp³-hybridized carbons (Fsp3) is 0.700. The molecule has 8 heteroatoms. The minimum Gasteiger partial charge on any atom is -0.481 e. The maximum Gasteiger partial charge on any atom is 0.336 e. The van der Waals surface area contributed by atoms with Gasteiger partial charge in [-0.2, -0.15) is 0 Å². The molecular formula is C10H17NO7. The number of carboxylic acids is 2. The Hall–Kier alpha value is -1.67. The summed E-state index contributed by atoms with van der Waals surface area (Å²) in [5.41, 5.74) is 2.71. The van der Waals surface area contributed by atoms with Gasteiger partial charge in [-0.25, -0.2) is 4.79 Å². The second-order valence-electron chi connectivity index (χ2n) is 3.90. The molecule has 0 aliphatic rings. The van der Waals surface area contributed by atoms with Crippen LogP contribution in [0.25, 0.3) is 0 Å². The standard InChI is InChI=1S/C10H17NO7/c1-2-3-6(11)18-8(14)5-10(17,9(15)16)4-7(12)13/h6,17H,2-5,11H2,1H3,(H,12,13)(H,15,16). The molecule has 0 aliphatic carbocycles. The normalized spacial score (nSPS) is 15.5. The van der Waals surface area contributed by atoms with Crippen LogP contribution in [0.2, 0.25) is 0 Å². The lowest BCUT2D eigenvalue weighted by atomic mass is 9.96. The highest BCUT2D eigenvalue weighted by Gasteiger charge is 2.41. The summed E-state index contributed by atoms with van der Waals surface area (Å²) in [6.07, 6.45) is -1.92. The maximum atomic E-state index is 11.3. The molecule has 0 aromatic heterocycles. The third-order valence-corrected chi connectivity index (χ3v) is 2.13. The summed E-state index contributed by atoms with van der Waals surface area (Å²) in [6.45, 7) is 1.81. The van der Waals surface area contributed by atoms with Crippen LogP contribution in [0.1, 0.15) is 32.6 Å². The second kappa shape index (κ2) is 6.92. The molecule has 8 nitrogen and oxygen atoms in total. The summed E-state index contributed by atoms with van der Waals surface area (Å²) in [4.78, 5) is 32.5. The number of ether oxygens (including phenoxy) is 1. The number of carbonyl (C=O) groups is 3. The van der Waals surface area contributed by atoms with Crippen molar-refractivity contribution in [1.29, 1.82) is 0 Å². The van der Waals surface area contributed by atoms with Gasteiger partial charge < -0.3 is 20.1 Å². The van der Waals surface area contributed by atoms with Gasteiger partial charge in [-0.15, -0.1) is 0 Å². The Morgan fingerprint density at radius 2 is 1.83 bits per heavy atom. The first-order valence-electron chi connectivity index (χ1n) is 5.34. The van der Waals surface area contributed by atoms with Gasteiger partial charge in [0.25, 0.3) is 0 Å². The molecule has 0 aromatic carbocycles. The van der Waals surface area contributed by atoms with Gasteiger partial charge in [0, 0.05) is 0 Å². The monoisotopic (exact) mass is 263 g/mol. The van der Waals surface area contributed by atoms with Gasteiger partial charge in [0.1, 0.15) is 0 Å². The van der Waals surface area contributed by atoms with E-state index in [0.717, 1.165) is 0 Å². The van der Waals surface area contributed by atoms with E-state index in [1.165, 1.54) is 0 Å². The molecular weight excluding hydrogens is 246 g/mol. The molecule has 2 unspecified atom stereocenters. The van der Waals surface area contributed by atoms with Crippen LogP contribution in [0.3, 0.4) is 0 Å². The van der Waals surface area contributed by atoms with E-state index in [-0.39, 0.29) is 0 Å². The van der Waals surface area contributed by atoms with Gasteiger partial charge in [0.2, 0.25) is 0 Å². The molecule has 104 valence electrons. The van der Waals surface area contributed by atoms with Crippen molar-refractivity contribution in [3.8, 4) is 0 Å². The predicted molar refractivity (Wildman–Crippen MR) is 58.4 cm³/mol. The summed E-state index contributed by atoms with van der Waals surface area (Å²) in [7, 11) is 0. The lowest BCUT2D eigenvalue weighted by Gasteiger charge is -2.21. The number of carbonyl (C=O) groups excluding carboxylic acids is 1. The fourth-order valence-corrected chi connectivity index (χ4v) is 1.26. The van der Waals surface area contributed by atoms with Crippen molar-refractivity contribution in [2.75, 3.05) is 0 Å². The molecule has 0 spiro atoms. The van der Waals surface area contributed by atoms with Crippen molar-refractivity contribution in [2.45, 2.75) is 44.4 Å².